The van der Waals surface area contributed by atoms with Crippen molar-refractivity contribution in [3.05, 3.63) is 59.6 Å². The van der Waals surface area contributed by atoms with Crippen LogP contribution in [0.15, 0.2) is 48.9 Å². The molecule has 3 heterocycles. The highest BCUT2D eigenvalue weighted by Crippen LogP contribution is 2.26. The molecule has 3 aromatic rings. The Morgan fingerprint density at radius 2 is 2.20 bits per heavy atom. The zero-order chi connectivity index (χ0) is 17.2. The fourth-order valence-corrected chi connectivity index (χ4v) is 3.16. The van der Waals surface area contributed by atoms with Gasteiger partial charge in [-0.25, -0.2) is 14.8 Å². The number of hydrogen-bond acceptors (Lipinski definition) is 3. The van der Waals surface area contributed by atoms with Gasteiger partial charge >= 0.3 is 6.03 Å². The summed E-state index contributed by atoms with van der Waals surface area (Å²) < 4.78 is 0. The van der Waals surface area contributed by atoms with Crippen molar-refractivity contribution in [1.82, 2.24) is 19.9 Å². The molecule has 4 rings (SSSR count). The SMILES string of the molecule is O=C(Nc1cccc(Cl)c1)N1CC=C(c2ncnc3[nH]ccc23)CC1. The lowest BCUT2D eigenvalue weighted by Crippen LogP contribution is -2.37. The molecule has 1 aromatic carbocycles. The lowest BCUT2D eigenvalue weighted by Gasteiger charge is -2.26. The number of hydrogen-bond donors (Lipinski definition) is 2. The van der Waals surface area contributed by atoms with E-state index >= 15 is 0 Å². The number of aromatic nitrogens is 3. The average Bonchev–Trinajstić information content (AvgIpc) is 3.10. The summed E-state index contributed by atoms with van der Waals surface area (Å²) in [5.74, 6) is 0. The molecule has 6 nitrogen and oxygen atoms in total. The molecular weight excluding hydrogens is 338 g/mol. The van der Waals surface area contributed by atoms with Crippen molar-refractivity contribution in [2.75, 3.05) is 18.4 Å². The Labute approximate surface area is 149 Å². The smallest absolute Gasteiger partial charge is 0.322 e. The largest absolute Gasteiger partial charge is 0.346 e. The molecule has 0 saturated heterocycles. The van der Waals surface area contributed by atoms with Gasteiger partial charge in [0.25, 0.3) is 0 Å². The van der Waals surface area contributed by atoms with Gasteiger partial charge in [-0.2, -0.15) is 0 Å². The predicted molar refractivity (Wildman–Crippen MR) is 98.5 cm³/mol. The van der Waals surface area contributed by atoms with Gasteiger partial charge in [0.2, 0.25) is 0 Å². The van der Waals surface area contributed by atoms with Gasteiger partial charge in [0, 0.05) is 35.4 Å². The van der Waals surface area contributed by atoms with E-state index in [2.05, 4.69) is 26.3 Å². The highest BCUT2D eigenvalue weighted by molar-refractivity contribution is 6.30. The average molecular weight is 354 g/mol. The quantitative estimate of drug-likeness (QED) is 0.733. The van der Waals surface area contributed by atoms with Crippen molar-refractivity contribution in [1.29, 1.82) is 0 Å². The van der Waals surface area contributed by atoms with E-state index in [1.807, 2.05) is 24.4 Å². The maximum Gasteiger partial charge on any atom is 0.322 e. The number of aromatic amines is 1. The summed E-state index contributed by atoms with van der Waals surface area (Å²) >= 11 is 5.95. The molecule has 2 N–H and O–H groups in total. The van der Waals surface area contributed by atoms with Gasteiger partial charge in [-0.1, -0.05) is 23.7 Å². The van der Waals surface area contributed by atoms with Crippen LogP contribution < -0.4 is 5.32 Å². The zero-order valence-electron chi connectivity index (χ0n) is 13.4. The van der Waals surface area contributed by atoms with E-state index in [1.54, 1.807) is 23.4 Å². The Kier molecular flexibility index (Phi) is 4.11. The topological polar surface area (TPSA) is 73.9 Å². The van der Waals surface area contributed by atoms with Crippen LogP contribution in [0.2, 0.25) is 5.02 Å². The van der Waals surface area contributed by atoms with Crippen LogP contribution in [0.25, 0.3) is 16.6 Å². The first-order valence-corrected chi connectivity index (χ1v) is 8.37. The molecule has 0 saturated carbocycles. The highest BCUT2D eigenvalue weighted by atomic mass is 35.5. The van der Waals surface area contributed by atoms with Crippen LogP contribution >= 0.6 is 11.6 Å². The zero-order valence-corrected chi connectivity index (χ0v) is 14.1. The van der Waals surface area contributed by atoms with Gasteiger partial charge in [0.1, 0.15) is 12.0 Å². The third kappa shape index (κ3) is 3.21. The lowest BCUT2D eigenvalue weighted by atomic mass is 10.0. The second kappa shape index (κ2) is 6.57. The molecule has 0 spiro atoms. The third-order valence-electron chi connectivity index (χ3n) is 4.23. The van der Waals surface area contributed by atoms with E-state index in [-0.39, 0.29) is 6.03 Å². The van der Waals surface area contributed by atoms with Gasteiger partial charge in [-0.15, -0.1) is 0 Å². The minimum atomic E-state index is -0.132. The Bertz CT molecular complexity index is 965. The number of carbonyl (C=O) groups is 1. The molecule has 0 atom stereocenters. The maximum atomic E-state index is 12.4. The van der Waals surface area contributed by atoms with E-state index in [9.17, 15) is 4.79 Å². The second-order valence-corrected chi connectivity index (χ2v) is 6.26. The van der Waals surface area contributed by atoms with Crippen LogP contribution in [0, 0.1) is 0 Å². The monoisotopic (exact) mass is 353 g/mol. The molecule has 25 heavy (non-hydrogen) atoms. The molecule has 0 bridgehead atoms. The molecule has 7 heteroatoms. The summed E-state index contributed by atoms with van der Waals surface area (Å²) in [5, 5.41) is 4.48. The fraction of sp³-hybridized carbons (Fsp3) is 0.167. The van der Waals surface area contributed by atoms with Crippen LogP contribution in [-0.2, 0) is 0 Å². The molecule has 126 valence electrons. The fourth-order valence-electron chi connectivity index (χ4n) is 2.97. The van der Waals surface area contributed by atoms with Gasteiger partial charge in [-0.05, 0) is 36.3 Å². The standard InChI is InChI=1S/C18H16ClN5O/c19-13-2-1-3-14(10-13)23-18(25)24-8-5-12(6-9-24)16-15-4-7-20-17(15)22-11-21-16/h1-5,7,10-11H,6,8-9H2,(H,23,25)(H,20,21,22). The number of anilines is 1. The first-order chi connectivity index (χ1) is 12.2. The van der Waals surface area contributed by atoms with Crippen LogP contribution in [0.4, 0.5) is 10.5 Å². The van der Waals surface area contributed by atoms with Crippen molar-refractivity contribution in [2.45, 2.75) is 6.42 Å². The summed E-state index contributed by atoms with van der Waals surface area (Å²) in [6.45, 7) is 1.17. The minimum Gasteiger partial charge on any atom is -0.346 e. The van der Waals surface area contributed by atoms with Gasteiger partial charge in [0.05, 0.1) is 5.69 Å². The van der Waals surface area contributed by atoms with E-state index in [0.29, 0.717) is 23.8 Å². The molecule has 0 aliphatic carbocycles. The summed E-state index contributed by atoms with van der Waals surface area (Å²) in [6, 6.07) is 8.98. The number of nitrogens with zero attached hydrogens (tertiary/aromatic N) is 3. The van der Waals surface area contributed by atoms with Crippen LogP contribution in [0.3, 0.4) is 0 Å². The van der Waals surface area contributed by atoms with E-state index in [1.165, 1.54) is 0 Å². The predicted octanol–water partition coefficient (Wildman–Crippen LogP) is 3.93. The number of rotatable bonds is 2. The second-order valence-electron chi connectivity index (χ2n) is 5.83. The molecule has 2 amide bonds. The number of H-pyrrole nitrogens is 1. The number of fused-ring (bicyclic) bond motifs is 1. The number of urea groups is 1. The van der Waals surface area contributed by atoms with Crippen molar-refractivity contribution < 1.29 is 4.79 Å². The van der Waals surface area contributed by atoms with Crippen molar-refractivity contribution in [3.8, 4) is 0 Å². The summed E-state index contributed by atoms with van der Waals surface area (Å²) in [7, 11) is 0. The Balaban J connectivity index is 1.48. The van der Waals surface area contributed by atoms with E-state index in [0.717, 1.165) is 28.7 Å². The molecule has 0 fully saturated rings. The lowest BCUT2D eigenvalue weighted by molar-refractivity contribution is 0.217. The Hall–Kier alpha value is -2.86. The van der Waals surface area contributed by atoms with E-state index in [4.69, 9.17) is 11.6 Å². The number of halogens is 1. The number of amides is 2. The highest BCUT2D eigenvalue weighted by Gasteiger charge is 2.20. The molecule has 0 unspecified atom stereocenters. The summed E-state index contributed by atoms with van der Waals surface area (Å²) in [6.07, 6.45) is 6.22. The Morgan fingerprint density at radius 1 is 1.28 bits per heavy atom. The molecule has 0 radical (unpaired) electrons. The van der Waals surface area contributed by atoms with Crippen molar-refractivity contribution >= 4 is 39.9 Å². The van der Waals surface area contributed by atoms with Gasteiger partial charge in [-0.3, -0.25) is 0 Å². The molecule has 1 aliphatic rings. The van der Waals surface area contributed by atoms with Gasteiger partial charge in [0.15, 0.2) is 0 Å². The van der Waals surface area contributed by atoms with Crippen molar-refractivity contribution in [3.63, 3.8) is 0 Å². The number of benzene rings is 1. The maximum absolute atomic E-state index is 12.4. The van der Waals surface area contributed by atoms with Gasteiger partial charge < -0.3 is 15.2 Å². The van der Waals surface area contributed by atoms with Crippen LogP contribution in [0.5, 0.6) is 0 Å². The molecule has 1 aliphatic heterocycles. The number of carbonyl (C=O) groups excluding carboxylic acids is 1. The number of nitrogens with one attached hydrogen (secondary N) is 2. The minimum absolute atomic E-state index is 0.132. The Morgan fingerprint density at radius 3 is 3.00 bits per heavy atom. The van der Waals surface area contributed by atoms with Crippen LogP contribution in [-0.4, -0.2) is 39.0 Å². The van der Waals surface area contributed by atoms with Crippen molar-refractivity contribution in [2.24, 2.45) is 0 Å². The summed E-state index contributed by atoms with van der Waals surface area (Å²) in [5.41, 5.74) is 3.59. The summed E-state index contributed by atoms with van der Waals surface area (Å²) in [4.78, 5) is 25.9. The molecular formula is C18H16ClN5O. The first kappa shape index (κ1) is 15.7. The normalized spacial score (nSPS) is 14.4. The van der Waals surface area contributed by atoms with Crippen LogP contribution in [0.1, 0.15) is 12.1 Å². The first-order valence-electron chi connectivity index (χ1n) is 8.00. The van der Waals surface area contributed by atoms with E-state index < -0.39 is 0 Å². The third-order valence-corrected chi connectivity index (χ3v) is 4.47. The molecule has 2 aromatic heterocycles.